The number of hydrogen-bond acceptors (Lipinski definition) is 6. The average Bonchev–Trinajstić information content (AvgIpc) is 3.40. The van der Waals surface area contributed by atoms with Crippen LogP contribution in [0.5, 0.6) is 0 Å². The van der Waals surface area contributed by atoms with Crippen molar-refractivity contribution in [3.63, 3.8) is 0 Å². The monoisotopic (exact) mass is 405 g/mol. The predicted octanol–water partition coefficient (Wildman–Crippen LogP) is 2.43. The molecule has 4 atom stereocenters. The summed E-state index contributed by atoms with van der Waals surface area (Å²) in [4.78, 5) is 53.7. The minimum Gasteiger partial charge on any atom is -0.292 e. The highest BCUT2D eigenvalue weighted by Crippen LogP contribution is 2.48. The third-order valence-corrected chi connectivity index (χ3v) is 6.48. The zero-order valence-corrected chi connectivity index (χ0v) is 16.0. The summed E-state index contributed by atoms with van der Waals surface area (Å²) in [6.45, 7) is 0.679. The second-order valence-electron chi connectivity index (χ2n) is 7.96. The molecule has 0 N–H and O–H groups in total. The first-order chi connectivity index (χ1) is 14.5. The van der Waals surface area contributed by atoms with Crippen molar-refractivity contribution in [1.29, 1.82) is 0 Å². The molecule has 0 spiro atoms. The molecule has 0 aromatic heterocycles. The Bertz CT molecular complexity index is 1070. The molecule has 0 aliphatic carbocycles. The van der Waals surface area contributed by atoms with E-state index in [1.165, 1.54) is 24.3 Å². The number of rotatable bonds is 4. The van der Waals surface area contributed by atoms with Gasteiger partial charge in [-0.2, -0.15) is 0 Å². The summed E-state index contributed by atoms with van der Waals surface area (Å²) in [7, 11) is 0. The molecule has 3 saturated heterocycles. The third kappa shape index (κ3) is 2.60. The van der Waals surface area contributed by atoms with Crippen molar-refractivity contribution >= 4 is 29.0 Å². The first-order valence-corrected chi connectivity index (χ1v) is 9.96. The number of nitro benzene ring substituents is 1. The molecule has 0 bridgehead atoms. The van der Waals surface area contributed by atoms with Gasteiger partial charge in [0.2, 0.25) is 11.8 Å². The summed E-state index contributed by atoms with van der Waals surface area (Å²) < 4.78 is 0. The van der Waals surface area contributed by atoms with Gasteiger partial charge in [-0.05, 0) is 25.5 Å². The molecule has 2 aromatic carbocycles. The SMILES string of the molecule is O=C(c1ccccc1)[C@@H]1[C@@H]2C(=O)N(c3cccc([N+](=O)[O-])c3)C(=O)[C@H]2[C@@H]2CCCN12. The van der Waals surface area contributed by atoms with Crippen LogP contribution in [-0.2, 0) is 9.59 Å². The Morgan fingerprint density at radius 2 is 1.73 bits per heavy atom. The maximum absolute atomic E-state index is 13.4. The summed E-state index contributed by atoms with van der Waals surface area (Å²) in [6.07, 6.45) is 1.62. The minimum atomic E-state index is -0.769. The van der Waals surface area contributed by atoms with Gasteiger partial charge in [0.05, 0.1) is 28.5 Å². The van der Waals surface area contributed by atoms with E-state index >= 15 is 0 Å². The summed E-state index contributed by atoms with van der Waals surface area (Å²) in [5.74, 6) is -2.34. The van der Waals surface area contributed by atoms with Gasteiger partial charge < -0.3 is 0 Å². The van der Waals surface area contributed by atoms with Crippen LogP contribution < -0.4 is 4.90 Å². The highest BCUT2D eigenvalue weighted by molar-refractivity contribution is 6.24. The van der Waals surface area contributed by atoms with Crippen molar-refractivity contribution < 1.29 is 19.3 Å². The standard InChI is InChI=1S/C22H19N3O5/c26-20(13-6-2-1-3-7-13)19-18-17(16-10-5-11-23(16)19)21(27)24(22(18)28)14-8-4-9-15(12-14)25(29)30/h1-4,6-9,12,16-19H,5,10-11H2/t16-,17-,18+,19-/m0/s1. The number of carbonyl (C=O) groups excluding carboxylic acids is 3. The highest BCUT2D eigenvalue weighted by Gasteiger charge is 2.64. The molecular weight excluding hydrogens is 386 g/mol. The van der Waals surface area contributed by atoms with E-state index in [-0.39, 0.29) is 29.1 Å². The summed E-state index contributed by atoms with van der Waals surface area (Å²) in [5.41, 5.74) is 0.511. The Morgan fingerprint density at radius 1 is 1.00 bits per heavy atom. The van der Waals surface area contributed by atoms with Crippen LogP contribution in [0, 0.1) is 22.0 Å². The van der Waals surface area contributed by atoms with Crippen LogP contribution in [0.1, 0.15) is 23.2 Å². The average molecular weight is 405 g/mol. The summed E-state index contributed by atoms with van der Waals surface area (Å²) in [5, 5.41) is 11.1. The Hall–Kier alpha value is -3.39. The predicted molar refractivity (Wildman–Crippen MR) is 107 cm³/mol. The molecule has 5 rings (SSSR count). The van der Waals surface area contributed by atoms with E-state index in [0.717, 1.165) is 17.7 Å². The van der Waals surface area contributed by atoms with Crippen molar-refractivity contribution in [2.45, 2.75) is 24.9 Å². The maximum Gasteiger partial charge on any atom is 0.271 e. The lowest BCUT2D eigenvalue weighted by Gasteiger charge is -2.27. The Kier molecular flexibility index (Phi) is 4.25. The number of Topliss-reactive ketones (excluding diaryl/α,β-unsaturated/α-hetero) is 1. The number of benzene rings is 2. The Balaban J connectivity index is 1.55. The molecule has 3 aliphatic heterocycles. The second kappa shape index (κ2) is 6.84. The molecular formula is C22H19N3O5. The van der Waals surface area contributed by atoms with E-state index in [2.05, 4.69) is 0 Å². The highest BCUT2D eigenvalue weighted by atomic mass is 16.6. The van der Waals surface area contributed by atoms with Gasteiger partial charge in [-0.25, -0.2) is 4.90 Å². The number of hydrogen-bond donors (Lipinski definition) is 0. The van der Waals surface area contributed by atoms with Crippen LogP contribution >= 0.6 is 0 Å². The van der Waals surface area contributed by atoms with Gasteiger partial charge in [-0.1, -0.05) is 36.4 Å². The summed E-state index contributed by atoms with van der Waals surface area (Å²) >= 11 is 0. The van der Waals surface area contributed by atoms with Gasteiger partial charge in [0.25, 0.3) is 5.69 Å². The molecule has 0 unspecified atom stereocenters. The lowest BCUT2D eigenvalue weighted by atomic mass is 9.85. The van der Waals surface area contributed by atoms with Crippen molar-refractivity contribution in [2.75, 3.05) is 11.4 Å². The fourth-order valence-corrected chi connectivity index (χ4v) is 5.29. The molecule has 8 nitrogen and oxygen atoms in total. The number of anilines is 1. The fourth-order valence-electron chi connectivity index (χ4n) is 5.29. The molecule has 2 aromatic rings. The fraction of sp³-hybridized carbons (Fsp3) is 0.318. The number of imide groups is 1. The molecule has 3 aliphatic rings. The lowest BCUT2D eigenvalue weighted by molar-refractivity contribution is -0.384. The first kappa shape index (κ1) is 18.6. The molecule has 3 heterocycles. The van der Waals surface area contributed by atoms with Gasteiger partial charge in [0.15, 0.2) is 5.78 Å². The Morgan fingerprint density at radius 3 is 2.47 bits per heavy atom. The summed E-state index contributed by atoms with van der Waals surface area (Å²) in [6, 6.07) is 13.5. The van der Waals surface area contributed by atoms with Crippen LogP contribution in [-0.4, -0.2) is 46.0 Å². The minimum absolute atomic E-state index is 0.156. The smallest absolute Gasteiger partial charge is 0.271 e. The number of fused-ring (bicyclic) bond motifs is 3. The van der Waals surface area contributed by atoms with Crippen LogP contribution in [0.25, 0.3) is 0 Å². The van der Waals surface area contributed by atoms with E-state index in [1.54, 1.807) is 24.3 Å². The Labute approximate surface area is 172 Å². The zero-order chi connectivity index (χ0) is 21.0. The number of nitrogens with zero attached hydrogens (tertiary/aromatic N) is 3. The van der Waals surface area contributed by atoms with Gasteiger partial charge in [-0.15, -0.1) is 0 Å². The van der Waals surface area contributed by atoms with Crippen molar-refractivity contribution in [3.05, 3.63) is 70.3 Å². The van der Waals surface area contributed by atoms with Crippen LogP contribution in [0.3, 0.4) is 0 Å². The largest absolute Gasteiger partial charge is 0.292 e. The van der Waals surface area contributed by atoms with Gasteiger partial charge in [0.1, 0.15) is 0 Å². The van der Waals surface area contributed by atoms with E-state index in [4.69, 9.17) is 0 Å². The van der Waals surface area contributed by atoms with Gasteiger partial charge >= 0.3 is 0 Å². The molecule has 0 radical (unpaired) electrons. The molecule has 30 heavy (non-hydrogen) atoms. The molecule has 152 valence electrons. The normalized spacial score (nSPS) is 27.9. The molecule has 0 saturated carbocycles. The number of nitro groups is 1. The number of amides is 2. The van der Waals surface area contributed by atoms with Crippen molar-refractivity contribution in [2.24, 2.45) is 11.8 Å². The second-order valence-corrected chi connectivity index (χ2v) is 7.96. The van der Waals surface area contributed by atoms with Crippen molar-refractivity contribution in [3.8, 4) is 0 Å². The van der Waals surface area contributed by atoms with E-state index in [1.807, 2.05) is 11.0 Å². The van der Waals surface area contributed by atoms with E-state index in [0.29, 0.717) is 12.1 Å². The number of ketones is 1. The number of non-ortho nitro benzene ring substituents is 1. The third-order valence-electron chi connectivity index (χ3n) is 6.48. The lowest BCUT2D eigenvalue weighted by Crippen LogP contribution is -2.46. The van der Waals surface area contributed by atoms with Crippen LogP contribution in [0.2, 0.25) is 0 Å². The van der Waals surface area contributed by atoms with Crippen LogP contribution in [0.15, 0.2) is 54.6 Å². The molecule has 3 fully saturated rings. The van der Waals surface area contributed by atoms with E-state index < -0.39 is 28.7 Å². The van der Waals surface area contributed by atoms with Crippen LogP contribution in [0.4, 0.5) is 11.4 Å². The number of carbonyl (C=O) groups is 3. The van der Waals surface area contributed by atoms with E-state index in [9.17, 15) is 24.5 Å². The zero-order valence-electron chi connectivity index (χ0n) is 16.0. The topological polar surface area (TPSA) is 101 Å². The molecule has 8 heteroatoms. The first-order valence-electron chi connectivity index (χ1n) is 9.96. The maximum atomic E-state index is 13.4. The van der Waals surface area contributed by atoms with Crippen molar-refractivity contribution in [1.82, 2.24) is 4.90 Å². The van der Waals surface area contributed by atoms with Gasteiger partial charge in [-0.3, -0.25) is 29.4 Å². The molecule has 2 amide bonds. The van der Waals surface area contributed by atoms with Gasteiger partial charge in [0, 0.05) is 23.7 Å². The quantitative estimate of drug-likeness (QED) is 0.335.